The van der Waals surface area contributed by atoms with Crippen LogP contribution in [0.15, 0.2) is 0 Å². The molecule has 1 rings (SSSR count). The first-order chi connectivity index (χ1) is 9.53. The lowest BCUT2D eigenvalue weighted by Gasteiger charge is -2.23. The van der Waals surface area contributed by atoms with Gasteiger partial charge in [0.25, 0.3) is 0 Å². The molecule has 1 amide bonds. The quantitative estimate of drug-likeness (QED) is 0.640. The minimum absolute atomic E-state index is 0.127. The third kappa shape index (κ3) is 7.85. The van der Waals surface area contributed by atoms with Crippen molar-refractivity contribution in [2.75, 3.05) is 19.7 Å². The molecule has 0 aliphatic heterocycles. The van der Waals surface area contributed by atoms with Crippen LogP contribution < -0.4 is 11.1 Å². The second kappa shape index (κ2) is 9.35. The molecule has 0 atom stereocenters. The summed E-state index contributed by atoms with van der Waals surface area (Å²) in [7, 11) is 0. The van der Waals surface area contributed by atoms with Crippen LogP contribution in [0.3, 0.4) is 0 Å². The fourth-order valence-electron chi connectivity index (χ4n) is 2.70. The predicted octanol–water partition coefficient (Wildman–Crippen LogP) is 2.61. The smallest absolute Gasteiger partial charge is 0.220 e. The van der Waals surface area contributed by atoms with Crippen LogP contribution in [-0.4, -0.2) is 31.7 Å². The van der Waals surface area contributed by atoms with E-state index in [0.717, 1.165) is 12.8 Å². The van der Waals surface area contributed by atoms with E-state index in [1.54, 1.807) is 0 Å². The molecule has 0 heterocycles. The van der Waals surface area contributed by atoms with E-state index in [-0.39, 0.29) is 11.3 Å². The van der Waals surface area contributed by atoms with Crippen molar-refractivity contribution in [2.45, 2.75) is 71.3 Å². The van der Waals surface area contributed by atoms with Crippen LogP contribution >= 0.6 is 0 Å². The molecule has 4 nitrogen and oxygen atoms in total. The van der Waals surface area contributed by atoms with Gasteiger partial charge in [0.1, 0.15) is 0 Å². The lowest BCUT2D eigenvalue weighted by atomic mass is 9.84. The molecule has 118 valence electrons. The minimum atomic E-state index is 0.127. The molecule has 1 aliphatic rings. The maximum atomic E-state index is 11.7. The number of nitrogens with two attached hydrogens (primary N) is 1. The number of hydrogen-bond donors (Lipinski definition) is 2. The summed E-state index contributed by atoms with van der Waals surface area (Å²) in [5, 5.41) is 2.94. The van der Waals surface area contributed by atoms with Crippen LogP contribution in [0.25, 0.3) is 0 Å². The Hall–Kier alpha value is -0.610. The molecule has 0 bridgehead atoms. The Bertz CT molecular complexity index is 274. The van der Waals surface area contributed by atoms with Gasteiger partial charge in [0.2, 0.25) is 5.91 Å². The van der Waals surface area contributed by atoms with Gasteiger partial charge in [-0.25, -0.2) is 0 Å². The highest BCUT2D eigenvalue weighted by Crippen LogP contribution is 2.25. The highest BCUT2D eigenvalue weighted by atomic mass is 16.5. The molecule has 0 aromatic heterocycles. The topological polar surface area (TPSA) is 64.4 Å². The molecule has 0 unspecified atom stereocenters. The molecule has 4 heteroatoms. The summed E-state index contributed by atoms with van der Waals surface area (Å²) in [4.78, 5) is 11.7. The van der Waals surface area contributed by atoms with Gasteiger partial charge >= 0.3 is 0 Å². The summed E-state index contributed by atoms with van der Waals surface area (Å²) in [5.74, 6) is 0.127. The van der Waals surface area contributed by atoms with E-state index in [1.165, 1.54) is 32.1 Å². The van der Waals surface area contributed by atoms with Crippen LogP contribution in [0.5, 0.6) is 0 Å². The van der Waals surface area contributed by atoms with Crippen LogP contribution in [-0.2, 0) is 9.53 Å². The van der Waals surface area contributed by atoms with Gasteiger partial charge in [-0.1, -0.05) is 33.1 Å². The Morgan fingerprint density at radius 2 is 1.95 bits per heavy atom. The SMILES string of the molecule is CC(C)(CCN)CCC(=O)NCCOC1CCCCC1. The van der Waals surface area contributed by atoms with Crippen LogP contribution in [0.4, 0.5) is 0 Å². The van der Waals surface area contributed by atoms with Crippen LogP contribution in [0, 0.1) is 5.41 Å². The van der Waals surface area contributed by atoms with Crippen molar-refractivity contribution in [1.82, 2.24) is 5.32 Å². The predicted molar refractivity (Wildman–Crippen MR) is 82.5 cm³/mol. The average Bonchev–Trinajstić information content (AvgIpc) is 2.43. The van der Waals surface area contributed by atoms with Gasteiger partial charge in [0.15, 0.2) is 0 Å². The standard InChI is InChI=1S/C16H32N2O2/c1-16(2,10-11-17)9-8-15(19)18-12-13-20-14-6-4-3-5-7-14/h14H,3-13,17H2,1-2H3,(H,18,19). The maximum Gasteiger partial charge on any atom is 0.220 e. The van der Waals surface area contributed by atoms with E-state index in [9.17, 15) is 4.79 Å². The summed E-state index contributed by atoms with van der Waals surface area (Å²) < 4.78 is 5.79. The van der Waals surface area contributed by atoms with Crippen molar-refractivity contribution in [3.63, 3.8) is 0 Å². The monoisotopic (exact) mass is 284 g/mol. The second-order valence-corrected chi connectivity index (χ2v) is 6.68. The molecule has 0 aromatic carbocycles. The third-order valence-corrected chi connectivity index (χ3v) is 4.18. The molecule has 0 spiro atoms. The first kappa shape index (κ1) is 17.4. The maximum absolute atomic E-state index is 11.7. The van der Waals surface area contributed by atoms with E-state index in [0.29, 0.717) is 32.2 Å². The lowest BCUT2D eigenvalue weighted by molar-refractivity contribution is -0.122. The van der Waals surface area contributed by atoms with Crippen molar-refractivity contribution in [3.05, 3.63) is 0 Å². The summed E-state index contributed by atoms with van der Waals surface area (Å²) in [6.45, 7) is 6.29. The molecule has 0 radical (unpaired) electrons. The highest BCUT2D eigenvalue weighted by molar-refractivity contribution is 5.75. The summed E-state index contributed by atoms with van der Waals surface area (Å²) in [5.41, 5.74) is 5.73. The Morgan fingerprint density at radius 1 is 1.25 bits per heavy atom. The zero-order valence-electron chi connectivity index (χ0n) is 13.2. The average molecular weight is 284 g/mol. The molecule has 20 heavy (non-hydrogen) atoms. The molecular formula is C16H32N2O2. The zero-order chi connectivity index (χ0) is 14.8. The van der Waals surface area contributed by atoms with Crippen molar-refractivity contribution in [1.29, 1.82) is 0 Å². The van der Waals surface area contributed by atoms with Gasteiger partial charge in [0.05, 0.1) is 12.7 Å². The van der Waals surface area contributed by atoms with Crippen molar-refractivity contribution < 1.29 is 9.53 Å². The molecular weight excluding hydrogens is 252 g/mol. The Kier molecular flexibility index (Phi) is 8.15. The van der Waals surface area contributed by atoms with Crippen LogP contribution in [0.2, 0.25) is 0 Å². The molecule has 1 aliphatic carbocycles. The highest BCUT2D eigenvalue weighted by Gasteiger charge is 2.18. The summed E-state index contributed by atoms with van der Waals surface area (Å²) in [6.07, 6.45) is 9.13. The molecule has 1 saturated carbocycles. The largest absolute Gasteiger partial charge is 0.376 e. The van der Waals surface area contributed by atoms with E-state index >= 15 is 0 Å². The summed E-state index contributed by atoms with van der Waals surface area (Å²) >= 11 is 0. The first-order valence-electron chi connectivity index (χ1n) is 8.12. The number of carbonyl (C=O) groups is 1. The molecule has 3 N–H and O–H groups in total. The Labute approximate surface area is 123 Å². The van der Waals surface area contributed by atoms with E-state index in [4.69, 9.17) is 10.5 Å². The first-order valence-corrected chi connectivity index (χ1v) is 8.12. The second-order valence-electron chi connectivity index (χ2n) is 6.68. The third-order valence-electron chi connectivity index (χ3n) is 4.18. The van der Waals surface area contributed by atoms with Crippen LogP contribution in [0.1, 0.15) is 65.2 Å². The zero-order valence-corrected chi connectivity index (χ0v) is 13.2. The van der Waals surface area contributed by atoms with E-state index < -0.39 is 0 Å². The van der Waals surface area contributed by atoms with Gasteiger partial charge < -0.3 is 15.8 Å². The molecule has 0 aromatic rings. The van der Waals surface area contributed by atoms with E-state index in [1.807, 2.05) is 0 Å². The number of hydrogen-bond acceptors (Lipinski definition) is 3. The molecule has 1 fully saturated rings. The number of ether oxygens (including phenoxy) is 1. The number of amides is 1. The van der Waals surface area contributed by atoms with Gasteiger partial charge in [-0.15, -0.1) is 0 Å². The summed E-state index contributed by atoms with van der Waals surface area (Å²) in [6, 6.07) is 0. The van der Waals surface area contributed by atoms with Gasteiger partial charge in [-0.2, -0.15) is 0 Å². The van der Waals surface area contributed by atoms with Gasteiger partial charge in [-0.3, -0.25) is 4.79 Å². The van der Waals surface area contributed by atoms with Crippen molar-refractivity contribution in [2.24, 2.45) is 11.1 Å². The normalized spacial score (nSPS) is 17.1. The van der Waals surface area contributed by atoms with Gasteiger partial charge in [0, 0.05) is 13.0 Å². The lowest BCUT2D eigenvalue weighted by Crippen LogP contribution is -2.30. The Balaban J connectivity index is 2.02. The van der Waals surface area contributed by atoms with E-state index in [2.05, 4.69) is 19.2 Å². The Morgan fingerprint density at radius 3 is 2.60 bits per heavy atom. The van der Waals surface area contributed by atoms with Crippen molar-refractivity contribution >= 4 is 5.91 Å². The fourth-order valence-corrected chi connectivity index (χ4v) is 2.70. The van der Waals surface area contributed by atoms with Crippen molar-refractivity contribution in [3.8, 4) is 0 Å². The number of nitrogens with one attached hydrogen (secondary N) is 1. The fraction of sp³-hybridized carbons (Fsp3) is 0.938. The number of carbonyl (C=O) groups excluding carboxylic acids is 1. The minimum Gasteiger partial charge on any atom is -0.376 e. The molecule has 0 saturated heterocycles. The van der Waals surface area contributed by atoms with Gasteiger partial charge in [-0.05, 0) is 37.6 Å². The number of rotatable bonds is 9.